The van der Waals surface area contributed by atoms with Gasteiger partial charge in [0.15, 0.2) is 13.1 Å². The van der Waals surface area contributed by atoms with Crippen molar-refractivity contribution in [1.29, 1.82) is 0 Å². The summed E-state index contributed by atoms with van der Waals surface area (Å²) in [5, 5.41) is 8.15. The molecule has 2 aromatic carbocycles. The number of quaternary nitrogens is 1. The summed E-state index contributed by atoms with van der Waals surface area (Å²) in [5.41, 5.74) is 3.42. The molecule has 0 aromatic heterocycles. The van der Waals surface area contributed by atoms with Crippen molar-refractivity contribution in [3.8, 4) is 5.75 Å². The first-order chi connectivity index (χ1) is 14.3. The fraction of sp³-hybridized carbons (Fsp3) is 0.318. The first kappa shape index (κ1) is 22.9. The Morgan fingerprint density at radius 3 is 2.37 bits per heavy atom. The number of carbonyl (C=O) groups is 3. The third kappa shape index (κ3) is 7.21. The molecule has 2 aromatic rings. The van der Waals surface area contributed by atoms with Gasteiger partial charge >= 0.3 is 0 Å². The van der Waals surface area contributed by atoms with Crippen LogP contribution in [0.15, 0.2) is 42.5 Å². The molecular formula is C22H29N4O4+. The minimum atomic E-state index is -0.308. The maximum atomic E-state index is 12.2. The molecule has 0 fully saturated rings. The summed E-state index contributed by atoms with van der Waals surface area (Å²) < 4.78 is 5.12. The second-order valence-corrected chi connectivity index (χ2v) is 7.16. The van der Waals surface area contributed by atoms with E-state index in [9.17, 15) is 14.4 Å². The topological polar surface area (TPSA) is 101 Å². The molecule has 1 unspecified atom stereocenters. The molecule has 30 heavy (non-hydrogen) atoms. The molecule has 0 aliphatic carbocycles. The smallest absolute Gasteiger partial charge is 0.279 e. The number of anilines is 2. The van der Waals surface area contributed by atoms with Gasteiger partial charge in [0, 0.05) is 17.4 Å². The quantitative estimate of drug-likeness (QED) is 0.482. The molecular weight excluding hydrogens is 384 g/mol. The molecule has 0 spiro atoms. The molecule has 0 aliphatic rings. The van der Waals surface area contributed by atoms with Gasteiger partial charge in [-0.1, -0.05) is 18.2 Å². The molecule has 0 heterocycles. The normalized spacial score (nSPS) is 11.3. The predicted octanol–water partition coefficient (Wildman–Crippen LogP) is 0.520. The zero-order valence-corrected chi connectivity index (χ0v) is 17.8. The number of hydrogen-bond acceptors (Lipinski definition) is 4. The largest absolute Gasteiger partial charge is 0.497 e. The van der Waals surface area contributed by atoms with Crippen LogP contribution in [0.3, 0.4) is 0 Å². The summed E-state index contributed by atoms with van der Waals surface area (Å²) in [4.78, 5) is 37.0. The Bertz CT molecular complexity index is 914. The Balaban J connectivity index is 1.73. The third-order valence-electron chi connectivity index (χ3n) is 4.60. The van der Waals surface area contributed by atoms with E-state index in [1.165, 1.54) is 0 Å². The van der Waals surface area contributed by atoms with Crippen LogP contribution in [-0.4, -0.2) is 51.5 Å². The number of nitrogens with one attached hydrogen (secondary N) is 4. The first-order valence-corrected chi connectivity index (χ1v) is 9.66. The van der Waals surface area contributed by atoms with E-state index in [4.69, 9.17) is 4.74 Å². The lowest BCUT2D eigenvalue weighted by molar-refractivity contribution is -0.862. The van der Waals surface area contributed by atoms with Gasteiger partial charge in [-0.25, -0.2) is 0 Å². The van der Waals surface area contributed by atoms with Crippen molar-refractivity contribution in [2.24, 2.45) is 0 Å². The van der Waals surface area contributed by atoms with Crippen LogP contribution in [0.5, 0.6) is 5.75 Å². The molecule has 0 saturated heterocycles. The van der Waals surface area contributed by atoms with Gasteiger partial charge in [-0.3, -0.25) is 14.4 Å². The van der Waals surface area contributed by atoms with E-state index in [1.807, 2.05) is 32.0 Å². The van der Waals surface area contributed by atoms with Crippen LogP contribution in [0.4, 0.5) is 11.4 Å². The minimum Gasteiger partial charge on any atom is -0.497 e. The van der Waals surface area contributed by atoms with E-state index >= 15 is 0 Å². The summed E-state index contributed by atoms with van der Waals surface area (Å²) in [6, 6.07) is 12.7. The van der Waals surface area contributed by atoms with Crippen molar-refractivity contribution in [3.63, 3.8) is 0 Å². The number of ether oxygens (including phenoxy) is 1. The maximum Gasteiger partial charge on any atom is 0.279 e. The molecule has 1 atom stereocenters. The van der Waals surface area contributed by atoms with Gasteiger partial charge in [0.1, 0.15) is 5.75 Å². The van der Waals surface area contributed by atoms with E-state index < -0.39 is 0 Å². The van der Waals surface area contributed by atoms with Crippen molar-refractivity contribution in [3.05, 3.63) is 53.6 Å². The Morgan fingerprint density at radius 2 is 1.63 bits per heavy atom. The van der Waals surface area contributed by atoms with Gasteiger partial charge in [-0.15, -0.1) is 0 Å². The number of amides is 3. The summed E-state index contributed by atoms with van der Waals surface area (Å²) >= 11 is 0. The van der Waals surface area contributed by atoms with Gasteiger partial charge in [0.05, 0.1) is 20.7 Å². The summed E-state index contributed by atoms with van der Waals surface area (Å²) in [7, 11) is 3.29. The number of hydrogen-bond donors (Lipinski definition) is 4. The van der Waals surface area contributed by atoms with Crippen molar-refractivity contribution >= 4 is 29.1 Å². The van der Waals surface area contributed by atoms with E-state index in [0.29, 0.717) is 16.3 Å². The lowest BCUT2D eigenvalue weighted by atomic mass is 10.1. The fourth-order valence-electron chi connectivity index (χ4n) is 2.84. The van der Waals surface area contributed by atoms with Crippen molar-refractivity contribution in [2.75, 3.05) is 44.4 Å². The maximum absolute atomic E-state index is 12.2. The van der Waals surface area contributed by atoms with Crippen LogP contribution in [0, 0.1) is 13.8 Å². The standard InChI is InChI=1S/C22H28N4O4/c1-15-7-5-10-19(16(15)2)25-20(27)12-23-21(28)13-26(3)14-22(29)24-17-8-6-9-18(11-17)30-4/h5-11H,12-14H2,1-4H3,(H,23,28)(H,24,29)(H,25,27)/p+1. The SMILES string of the molecule is COc1cccc(NC(=O)C[NH+](C)CC(=O)NCC(=O)Nc2cccc(C)c2C)c1. The number of carbonyl (C=O) groups excluding carboxylic acids is 3. The number of benzene rings is 2. The van der Waals surface area contributed by atoms with Gasteiger partial charge in [-0.05, 0) is 43.2 Å². The van der Waals surface area contributed by atoms with Crippen LogP contribution >= 0.6 is 0 Å². The lowest BCUT2D eigenvalue weighted by Gasteiger charge is -2.14. The molecule has 0 aliphatic heterocycles. The average molecular weight is 413 g/mol. The van der Waals surface area contributed by atoms with Crippen molar-refractivity contribution in [2.45, 2.75) is 13.8 Å². The van der Waals surface area contributed by atoms with E-state index in [-0.39, 0.29) is 37.4 Å². The predicted molar refractivity (Wildman–Crippen MR) is 116 cm³/mol. The van der Waals surface area contributed by atoms with Crippen LogP contribution < -0.4 is 25.6 Å². The zero-order chi connectivity index (χ0) is 22.1. The van der Waals surface area contributed by atoms with Crippen molar-refractivity contribution in [1.82, 2.24) is 5.32 Å². The highest BCUT2D eigenvalue weighted by molar-refractivity contribution is 5.95. The second kappa shape index (κ2) is 11.0. The first-order valence-electron chi connectivity index (χ1n) is 9.66. The summed E-state index contributed by atoms with van der Waals surface area (Å²) in [6.45, 7) is 3.95. The van der Waals surface area contributed by atoms with Crippen LogP contribution in [0.25, 0.3) is 0 Å². The van der Waals surface area contributed by atoms with Gasteiger partial charge in [-0.2, -0.15) is 0 Å². The Kier molecular flexibility index (Phi) is 8.37. The molecule has 160 valence electrons. The molecule has 3 amide bonds. The molecule has 4 N–H and O–H groups in total. The van der Waals surface area contributed by atoms with Crippen molar-refractivity contribution < 1.29 is 24.0 Å². The third-order valence-corrected chi connectivity index (χ3v) is 4.60. The lowest BCUT2D eigenvalue weighted by Crippen LogP contribution is -3.11. The minimum absolute atomic E-state index is 0.0717. The fourth-order valence-corrected chi connectivity index (χ4v) is 2.84. The monoisotopic (exact) mass is 413 g/mol. The Labute approximate surface area is 176 Å². The van der Waals surface area contributed by atoms with Gasteiger partial charge in [0.25, 0.3) is 11.8 Å². The average Bonchev–Trinajstić information content (AvgIpc) is 2.69. The molecule has 8 nitrogen and oxygen atoms in total. The Hall–Kier alpha value is -3.39. The highest BCUT2D eigenvalue weighted by Gasteiger charge is 2.15. The van der Waals surface area contributed by atoms with E-state index in [2.05, 4.69) is 16.0 Å². The van der Waals surface area contributed by atoms with Crippen LogP contribution in [0.1, 0.15) is 11.1 Å². The van der Waals surface area contributed by atoms with Crippen LogP contribution in [-0.2, 0) is 14.4 Å². The highest BCUT2D eigenvalue weighted by Crippen LogP contribution is 2.17. The second-order valence-electron chi connectivity index (χ2n) is 7.16. The van der Waals surface area contributed by atoms with Gasteiger partial charge in [0.2, 0.25) is 5.91 Å². The van der Waals surface area contributed by atoms with E-state index in [1.54, 1.807) is 38.4 Å². The molecule has 8 heteroatoms. The molecule has 0 saturated carbocycles. The Morgan fingerprint density at radius 1 is 0.933 bits per heavy atom. The number of aryl methyl sites for hydroxylation is 1. The highest BCUT2D eigenvalue weighted by atomic mass is 16.5. The number of likely N-dealkylation sites (N-methyl/N-ethyl adjacent to an activating group) is 1. The molecule has 2 rings (SSSR count). The zero-order valence-electron chi connectivity index (χ0n) is 17.8. The van der Waals surface area contributed by atoms with Gasteiger partial charge < -0.3 is 25.6 Å². The van der Waals surface area contributed by atoms with Crippen LogP contribution in [0.2, 0.25) is 0 Å². The molecule has 0 radical (unpaired) electrons. The van der Waals surface area contributed by atoms with E-state index in [0.717, 1.165) is 16.8 Å². The molecule has 0 bridgehead atoms. The number of rotatable bonds is 9. The number of methoxy groups -OCH3 is 1. The summed E-state index contributed by atoms with van der Waals surface area (Å²) in [5.74, 6) is -0.184. The summed E-state index contributed by atoms with van der Waals surface area (Å²) in [6.07, 6.45) is 0.